The van der Waals surface area contributed by atoms with Gasteiger partial charge in [0, 0.05) is 51.9 Å². The molecule has 0 atom stereocenters. The van der Waals surface area contributed by atoms with Gasteiger partial charge in [-0.3, -0.25) is 24.0 Å². The molecule has 2 rings (SSSR count). The molecule has 0 aliphatic carbocycles. The number of nitro groups is 1. The minimum atomic E-state index is -0.408. The van der Waals surface area contributed by atoms with E-state index in [1.165, 1.54) is 29.8 Å². The van der Waals surface area contributed by atoms with Crippen LogP contribution in [0, 0.1) is 10.1 Å². The molecule has 1 aromatic carbocycles. The fraction of sp³-hybridized carbons (Fsp3) is 0.368. The summed E-state index contributed by atoms with van der Waals surface area (Å²) in [6, 6.07) is 7.97. The first-order chi connectivity index (χ1) is 13.3. The van der Waals surface area contributed by atoms with Crippen molar-refractivity contribution in [2.45, 2.75) is 12.8 Å². The van der Waals surface area contributed by atoms with Crippen LogP contribution in [-0.4, -0.2) is 38.6 Å². The lowest BCUT2D eigenvalue weighted by Gasteiger charge is -2.21. The summed E-state index contributed by atoms with van der Waals surface area (Å²) in [7, 11) is 3.05. The van der Waals surface area contributed by atoms with Crippen molar-refractivity contribution < 1.29 is 4.92 Å². The van der Waals surface area contributed by atoms with E-state index < -0.39 is 4.92 Å². The Hall–Kier alpha value is -3.36. The molecule has 0 aliphatic rings. The van der Waals surface area contributed by atoms with Crippen LogP contribution in [0.4, 0.5) is 11.5 Å². The fourth-order valence-corrected chi connectivity index (χ4v) is 2.80. The maximum Gasteiger partial charge on any atom is 0.332 e. The van der Waals surface area contributed by atoms with Gasteiger partial charge in [-0.05, 0) is 24.6 Å². The molecule has 1 heterocycles. The molecule has 0 bridgehead atoms. The van der Waals surface area contributed by atoms with E-state index in [1.807, 2.05) is 4.90 Å². The maximum atomic E-state index is 11.9. The zero-order valence-corrected chi connectivity index (χ0v) is 16.1. The Balaban J connectivity index is 1.82. The van der Waals surface area contributed by atoms with Gasteiger partial charge >= 0.3 is 5.69 Å². The summed E-state index contributed by atoms with van der Waals surface area (Å²) in [5.74, 6) is 0.475. The fourth-order valence-electron chi connectivity index (χ4n) is 2.80. The molecule has 0 amide bonds. The highest BCUT2D eigenvalue weighted by Gasteiger charge is 2.07. The average Bonchev–Trinajstić information content (AvgIpc) is 2.69. The van der Waals surface area contributed by atoms with E-state index in [0.717, 1.165) is 29.5 Å². The summed E-state index contributed by atoms with van der Waals surface area (Å²) >= 11 is 0. The first-order valence-electron chi connectivity index (χ1n) is 8.94. The summed E-state index contributed by atoms with van der Waals surface area (Å²) in [6.07, 6.45) is 3.42. The molecule has 2 aromatic rings. The van der Waals surface area contributed by atoms with E-state index in [0.29, 0.717) is 18.9 Å². The molecular weight excluding hydrogens is 362 g/mol. The number of aryl methyl sites for hydroxylation is 1. The third-order valence-electron chi connectivity index (χ3n) is 4.55. The first-order valence-corrected chi connectivity index (χ1v) is 8.94. The van der Waals surface area contributed by atoms with Crippen molar-refractivity contribution in [1.82, 2.24) is 14.0 Å². The molecule has 0 spiro atoms. The maximum absolute atomic E-state index is 11.9. The third-order valence-corrected chi connectivity index (χ3v) is 4.55. The molecule has 0 saturated heterocycles. The summed E-state index contributed by atoms with van der Waals surface area (Å²) in [5, 5.41) is 13.8. The largest absolute Gasteiger partial charge is 0.376 e. The lowest BCUT2D eigenvalue weighted by Crippen LogP contribution is -2.38. The second kappa shape index (κ2) is 9.54. The van der Waals surface area contributed by atoms with Gasteiger partial charge in [-0.2, -0.15) is 0 Å². The first kappa shape index (κ1) is 20.9. The van der Waals surface area contributed by atoms with Gasteiger partial charge in [0.25, 0.3) is 11.2 Å². The number of rotatable bonds is 10. The molecule has 1 N–H and O–H groups in total. The predicted molar refractivity (Wildman–Crippen MR) is 109 cm³/mol. The second-order valence-corrected chi connectivity index (χ2v) is 6.44. The Morgan fingerprint density at radius 2 is 1.86 bits per heavy atom. The standard InChI is InChI=1S/C19H25N5O4/c1-4-23(12-5-6-15-7-9-16(10-8-15)24(27)28)13-11-20-17-14-18(25)22(3)19(26)21(17)2/h4,7-10,14,20H,1,5-6,11-13H2,2-3H3. The molecule has 0 unspecified atom stereocenters. The Bertz CT molecular complexity index is 946. The van der Waals surface area contributed by atoms with Gasteiger partial charge in [-0.15, -0.1) is 0 Å². The number of aromatic nitrogens is 2. The van der Waals surface area contributed by atoms with Gasteiger partial charge in [-0.25, -0.2) is 4.79 Å². The van der Waals surface area contributed by atoms with Crippen molar-refractivity contribution in [3.63, 3.8) is 0 Å². The number of nitrogens with zero attached hydrogens (tertiary/aromatic N) is 4. The normalized spacial score (nSPS) is 10.5. The molecule has 0 saturated carbocycles. The van der Waals surface area contributed by atoms with Gasteiger partial charge in [0.15, 0.2) is 0 Å². The molecule has 28 heavy (non-hydrogen) atoms. The number of hydrogen-bond donors (Lipinski definition) is 1. The Morgan fingerprint density at radius 3 is 2.46 bits per heavy atom. The number of non-ortho nitro benzene ring substituents is 1. The van der Waals surface area contributed by atoms with E-state index in [2.05, 4.69) is 11.9 Å². The SMILES string of the molecule is C=CN(CCCc1ccc([N+](=O)[O-])cc1)CCNc1cc(=O)n(C)c(=O)n1C. The van der Waals surface area contributed by atoms with E-state index in [9.17, 15) is 19.7 Å². The highest BCUT2D eigenvalue weighted by Crippen LogP contribution is 2.13. The zero-order chi connectivity index (χ0) is 20.7. The Labute approximate surface area is 162 Å². The van der Waals surface area contributed by atoms with Gasteiger partial charge < -0.3 is 10.2 Å². The number of nitro benzene ring substituents is 1. The van der Waals surface area contributed by atoms with Crippen LogP contribution >= 0.6 is 0 Å². The number of nitrogens with one attached hydrogen (secondary N) is 1. The van der Waals surface area contributed by atoms with Crippen LogP contribution in [-0.2, 0) is 20.5 Å². The number of anilines is 1. The van der Waals surface area contributed by atoms with Crippen molar-refractivity contribution in [1.29, 1.82) is 0 Å². The van der Waals surface area contributed by atoms with Crippen LogP contribution in [0.5, 0.6) is 0 Å². The molecular formula is C19H25N5O4. The van der Waals surface area contributed by atoms with Gasteiger partial charge in [0.05, 0.1) is 4.92 Å². The van der Waals surface area contributed by atoms with Gasteiger partial charge in [0.2, 0.25) is 0 Å². The van der Waals surface area contributed by atoms with Crippen LogP contribution in [0.1, 0.15) is 12.0 Å². The molecule has 9 heteroatoms. The smallest absolute Gasteiger partial charge is 0.332 e. The van der Waals surface area contributed by atoms with Crippen molar-refractivity contribution in [2.75, 3.05) is 25.0 Å². The summed E-state index contributed by atoms with van der Waals surface area (Å²) in [6.45, 7) is 5.80. The lowest BCUT2D eigenvalue weighted by atomic mass is 10.1. The van der Waals surface area contributed by atoms with Crippen LogP contribution in [0.15, 0.2) is 52.7 Å². The number of benzene rings is 1. The topological polar surface area (TPSA) is 102 Å². The lowest BCUT2D eigenvalue weighted by molar-refractivity contribution is -0.384. The van der Waals surface area contributed by atoms with Crippen LogP contribution in [0.25, 0.3) is 0 Å². The Kier molecular flexibility index (Phi) is 7.14. The van der Waals surface area contributed by atoms with E-state index in [1.54, 1.807) is 25.4 Å². The summed E-state index contributed by atoms with van der Waals surface area (Å²) < 4.78 is 2.45. The highest BCUT2D eigenvalue weighted by atomic mass is 16.6. The monoisotopic (exact) mass is 387 g/mol. The van der Waals surface area contributed by atoms with Crippen molar-refractivity contribution in [3.8, 4) is 0 Å². The molecule has 150 valence electrons. The quantitative estimate of drug-likeness (QED) is 0.489. The third kappa shape index (κ3) is 5.32. The van der Waals surface area contributed by atoms with Crippen molar-refractivity contribution in [3.05, 3.63) is 79.6 Å². The zero-order valence-electron chi connectivity index (χ0n) is 16.1. The van der Waals surface area contributed by atoms with Crippen LogP contribution in [0.2, 0.25) is 0 Å². The Morgan fingerprint density at radius 1 is 1.18 bits per heavy atom. The number of hydrogen-bond acceptors (Lipinski definition) is 6. The van der Waals surface area contributed by atoms with E-state index in [4.69, 9.17) is 0 Å². The molecule has 0 fully saturated rings. The molecule has 1 aromatic heterocycles. The van der Waals surface area contributed by atoms with Crippen molar-refractivity contribution >= 4 is 11.5 Å². The summed E-state index contributed by atoms with van der Waals surface area (Å²) in [4.78, 5) is 36.0. The van der Waals surface area contributed by atoms with Gasteiger partial charge in [-0.1, -0.05) is 18.7 Å². The molecule has 0 aliphatic heterocycles. The van der Waals surface area contributed by atoms with Crippen LogP contribution in [0.3, 0.4) is 0 Å². The predicted octanol–water partition coefficient (Wildman–Crippen LogP) is 1.48. The van der Waals surface area contributed by atoms with Crippen LogP contribution < -0.4 is 16.6 Å². The highest BCUT2D eigenvalue weighted by molar-refractivity contribution is 5.34. The minimum Gasteiger partial charge on any atom is -0.376 e. The summed E-state index contributed by atoms with van der Waals surface area (Å²) in [5.41, 5.74) is 0.406. The van der Waals surface area contributed by atoms with Gasteiger partial charge in [0.1, 0.15) is 5.82 Å². The minimum absolute atomic E-state index is 0.0904. The second-order valence-electron chi connectivity index (χ2n) is 6.44. The van der Waals surface area contributed by atoms with E-state index in [-0.39, 0.29) is 16.9 Å². The molecule has 0 radical (unpaired) electrons. The van der Waals surface area contributed by atoms with E-state index >= 15 is 0 Å². The molecule has 9 nitrogen and oxygen atoms in total. The van der Waals surface area contributed by atoms with Crippen molar-refractivity contribution in [2.24, 2.45) is 14.1 Å². The average molecular weight is 387 g/mol.